The number of nitrogens with two attached hydrogens (primary N) is 1. The number of amides is 2. The van der Waals surface area contributed by atoms with Crippen LogP contribution in [0.5, 0.6) is 0 Å². The van der Waals surface area contributed by atoms with Gasteiger partial charge in [-0.25, -0.2) is 4.79 Å². The molecule has 0 saturated heterocycles. The molecule has 8 N–H and O–H groups in total. The molecule has 0 spiro atoms. The lowest BCUT2D eigenvalue weighted by Crippen LogP contribution is -2.54. The number of carboxylic acids is 3. The van der Waals surface area contributed by atoms with Crippen molar-refractivity contribution in [2.75, 3.05) is 7.11 Å². The highest BCUT2D eigenvalue weighted by Crippen LogP contribution is 2.06. The molecule has 166 valence electrons. The number of hydrogen-bond acceptors (Lipinski definition) is 8. The van der Waals surface area contributed by atoms with Gasteiger partial charge in [0.05, 0.1) is 6.04 Å². The molecule has 0 aliphatic rings. The number of methoxy groups -OCH3 is 1. The maximum Gasteiger partial charge on any atom is 0.326 e. The highest BCUT2D eigenvalue weighted by atomic mass is 16.6. The zero-order valence-corrected chi connectivity index (χ0v) is 15.9. The fraction of sp³-hybridized carbons (Fsp3) is 0.688. The van der Waals surface area contributed by atoms with Crippen LogP contribution in [0.2, 0.25) is 0 Å². The molecule has 0 rings (SSSR count). The van der Waals surface area contributed by atoms with E-state index in [-0.39, 0.29) is 32.1 Å². The van der Waals surface area contributed by atoms with Crippen LogP contribution in [0.3, 0.4) is 0 Å². The maximum atomic E-state index is 12.4. The molecular formula is C16H27N3O10. The number of hydrogen-bond donors (Lipinski definition) is 7. The van der Waals surface area contributed by atoms with E-state index >= 15 is 0 Å². The molecule has 13 heteroatoms. The largest absolute Gasteiger partial charge is 0.481 e. The molecule has 29 heavy (non-hydrogen) atoms. The zero-order chi connectivity index (χ0) is 22.6. The van der Waals surface area contributed by atoms with Gasteiger partial charge in [-0.2, -0.15) is 0 Å². The summed E-state index contributed by atoms with van der Waals surface area (Å²) in [7, 11) is 1.21. The van der Waals surface area contributed by atoms with Gasteiger partial charge in [-0.15, -0.1) is 0 Å². The van der Waals surface area contributed by atoms with Crippen molar-refractivity contribution in [2.45, 2.75) is 62.9 Å². The third-order valence-corrected chi connectivity index (χ3v) is 3.87. The van der Waals surface area contributed by atoms with Gasteiger partial charge in [-0.05, 0) is 19.3 Å². The molecule has 0 aromatic rings. The van der Waals surface area contributed by atoms with Crippen LogP contribution in [0.15, 0.2) is 0 Å². The average Bonchev–Trinajstić information content (AvgIpc) is 2.64. The van der Waals surface area contributed by atoms with Gasteiger partial charge >= 0.3 is 17.9 Å². The van der Waals surface area contributed by atoms with Crippen LogP contribution in [-0.4, -0.2) is 81.7 Å². The van der Waals surface area contributed by atoms with E-state index in [0.717, 1.165) is 0 Å². The second-order valence-corrected chi connectivity index (χ2v) is 6.20. The molecule has 4 atom stereocenters. The van der Waals surface area contributed by atoms with E-state index < -0.39 is 60.6 Å². The molecule has 13 nitrogen and oxygen atoms in total. The highest BCUT2D eigenvalue weighted by molar-refractivity contribution is 5.92. The summed E-state index contributed by atoms with van der Waals surface area (Å²) in [5.41, 5.74) is 5.56. The lowest BCUT2D eigenvalue weighted by molar-refractivity contribution is -0.144. The van der Waals surface area contributed by atoms with Gasteiger partial charge in [-0.1, -0.05) is 0 Å². The van der Waals surface area contributed by atoms with Crippen LogP contribution in [0.1, 0.15) is 38.5 Å². The van der Waals surface area contributed by atoms with Crippen LogP contribution in [0, 0.1) is 0 Å². The van der Waals surface area contributed by atoms with Crippen molar-refractivity contribution >= 4 is 29.7 Å². The molecule has 0 radical (unpaired) electrons. The van der Waals surface area contributed by atoms with Gasteiger partial charge in [0.1, 0.15) is 12.1 Å². The summed E-state index contributed by atoms with van der Waals surface area (Å²) in [6.07, 6.45) is -2.95. The fourth-order valence-corrected chi connectivity index (χ4v) is 2.18. The molecule has 0 heterocycles. The van der Waals surface area contributed by atoms with Crippen LogP contribution >= 0.6 is 0 Å². The standard InChI is InChI=1S/C16H27N3O10/c1-29-13(24)7-4-10(16(27)28)19-15(26)9(3-6-12(22)23)18-14(25)8(17)2-5-11(20)21/h8-10,13,24H,2-7,17H2,1H3,(H,18,25)(H,19,26)(H,20,21)(H,22,23)(H,27,28). The summed E-state index contributed by atoms with van der Waals surface area (Å²) in [6.45, 7) is 0. The number of carboxylic acid groups (broad SMARTS) is 3. The summed E-state index contributed by atoms with van der Waals surface area (Å²) < 4.78 is 4.59. The van der Waals surface area contributed by atoms with E-state index in [9.17, 15) is 34.2 Å². The van der Waals surface area contributed by atoms with Gasteiger partial charge in [0.25, 0.3) is 0 Å². The number of aliphatic hydroxyl groups is 1. The number of carbonyl (C=O) groups excluding carboxylic acids is 2. The highest BCUT2D eigenvalue weighted by Gasteiger charge is 2.28. The number of rotatable bonds is 15. The van der Waals surface area contributed by atoms with Gasteiger partial charge in [0.15, 0.2) is 6.29 Å². The van der Waals surface area contributed by atoms with Crippen molar-refractivity contribution in [3.8, 4) is 0 Å². The van der Waals surface area contributed by atoms with E-state index in [1.165, 1.54) is 7.11 Å². The Labute approximate surface area is 166 Å². The molecule has 0 aliphatic heterocycles. The summed E-state index contributed by atoms with van der Waals surface area (Å²) in [5.74, 6) is -5.65. The first kappa shape index (κ1) is 26.2. The number of aliphatic carboxylic acids is 3. The molecule has 0 fully saturated rings. The lowest BCUT2D eigenvalue weighted by Gasteiger charge is -2.23. The second kappa shape index (κ2) is 13.4. The van der Waals surface area contributed by atoms with E-state index in [0.29, 0.717) is 0 Å². The Morgan fingerprint density at radius 3 is 1.83 bits per heavy atom. The van der Waals surface area contributed by atoms with Crippen LogP contribution < -0.4 is 16.4 Å². The molecule has 0 aliphatic carbocycles. The normalized spacial score (nSPS) is 14.9. The van der Waals surface area contributed by atoms with Gasteiger partial charge in [0.2, 0.25) is 11.8 Å². The van der Waals surface area contributed by atoms with Crippen LogP contribution in [-0.2, 0) is 28.7 Å². The Balaban J connectivity index is 5.08. The predicted octanol–water partition coefficient (Wildman–Crippen LogP) is -2.16. The lowest BCUT2D eigenvalue weighted by atomic mass is 10.1. The summed E-state index contributed by atoms with van der Waals surface area (Å²) in [6, 6.07) is -4.07. The Kier molecular flexibility index (Phi) is 12.1. The van der Waals surface area contributed by atoms with Gasteiger partial charge < -0.3 is 41.5 Å². The third-order valence-electron chi connectivity index (χ3n) is 3.87. The number of ether oxygens (including phenoxy) is 1. The maximum absolute atomic E-state index is 12.4. The average molecular weight is 421 g/mol. The van der Waals surface area contributed by atoms with E-state index in [2.05, 4.69) is 15.4 Å². The van der Waals surface area contributed by atoms with E-state index in [1.807, 2.05) is 0 Å². The topological polar surface area (TPSA) is 226 Å². The van der Waals surface area contributed by atoms with Crippen molar-refractivity contribution in [2.24, 2.45) is 5.73 Å². The first-order valence-electron chi connectivity index (χ1n) is 8.71. The van der Waals surface area contributed by atoms with E-state index in [1.54, 1.807) is 0 Å². The zero-order valence-electron chi connectivity index (χ0n) is 15.9. The summed E-state index contributed by atoms with van der Waals surface area (Å²) in [4.78, 5) is 57.1. The minimum absolute atomic E-state index is 0.0973. The van der Waals surface area contributed by atoms with Crippen molar-refractivity contribution in [3.05, 3.63) is 0 Å². The first-order valence-corrected chi connectivity index (χ1v) is 8.71. The molecule has 0 aromatic heterocycles. The smallest absolute Gasteiger partial charge is 0.326 e. The van der Waals surface area contributed by atoms with E-state index in [4.69, 9.17) is 15.9 Å². The Morgan fingerprint density at radius 2 is 1.34 bits per heavy atom. The monoisotopic (exact) mass is 421 g/mol. The molecule has 0 aromatic carbocycles. The minimum atomic E-state index is -1.42. The molecular weight excluding hydrogens is 394 g/mol. The second-order valence-electron chi connectivity index (χ2n) is 6.20. The van der Waals surface area contributed by atoms with Crippen molar-refractivity contribution in [1.82, 2.24) is 10.6 Å². The van der Waals surface area contributed by atoms with Crippen molar-refractivity contribution in [3.63, 3.8) is 0 Å². The number of nitrogens with one attached hydrogen (secondary N) is 2. The van der Waals surface area contributed by atoms with Crippen LogP contribution in [0.25, 0.3) is 0 Å². The van der Waals surface area contributed by atoms with Gasteiger partial charge in [-0.3, -0.25) is 19.2 Å². The van der Waals surface area contributed by atoms with Crippen LogP contribution in [0.4, 0.5) is 0 Å². The van der Waals surface area contributed by atoms with Gasteiger partial charge in [0, 0.05) is 26.4 Å². The van der Waals surface area contributed by atoms with Crippen molar-refractivity contribution < 1.29 is 49.1 Å². The number of carbonyl (C=O) groups is 5. The SMILES string of the molecule is COC(O)CCC(NC(=O)C(CCC(=O)O)NC(=O)C(N)CCC(=O)O)C(=O)O. The summed E-state index contributed by atoms with van der Waals surface area (Å²) in [5, 5.41) is 40.4. The molecule has 0 bridgehead atoms. The third kappa shape index (κ3) is 11.6. The fourth-order valence-electron chi connectivity index (χ4n) is 2.18. The quantitative estimate of drug-likeness (QED) is 0.141. The summed E-state index contributed by atoms with van der Waals surface area (Å²) >= 11 is 0. The first-order chi connectivity index (χ1) is 13.5. The molecule has 4 unspecified atom stereocenters. The molecule has 2 amide bonds. The minimum Gasteiger partial charge on any atom is -0.481 e. The Morgan fingerprint density at radius 1 is 0.828 bits per heavy atom. The predicted molar refractivity (Wildman–Crippen MR) is 95.5 cm³/mol. The Hall–Kier alpha value is -2.77. The Bertz CT molecular complexity index is 597. The van der Waals surface area contributed by atoms with Crippen molar-refractivity contribution in [1.29, 1.82) is 0 Å². The number of aliphatic hydroxyl groups excluding tert-OH is 1. The molecule has 0 saturated carbocycles.